The number of rotatable bonds is 2. The lowest BCUT2D eigenvalue weighted by Crippen LogP contribution is -2.58. The second-order valence-electron chi connectivity index (χ2n) is 6.40. The maximum Gasteiger partial charge on any atom is 0.164 e. The van der Waals surface area contributed by atoms with Gasteiger partial charge in [-0.1, -0.05) is 60.7 Å². The molecule has 2 nitrogen and oxygen atoms in total. The van der Waals surface area contributed by atoms with Crippen molar-refractivity contribution in [3.05, 3.63) is 71.8 Å². The average Bonchev–Trinajstić information content (AvgIpc) is 2.58. The van der Waals surface area contributed by atoms with E-state index in [-0.39, 0.29) is 6.04 Å². The zero-order valence-corrected chi connectivity index (χ0v) is 13.5. The Kier molecular flexibility index (Phi) is 3.88. The van der Waals surface area contributed by atoms with Crippen LogP contribution >= 0.6 is 0 Å². The van der Waals surface area contributed by atoms with Crippen LogP contribution in [0.4, 0.5) is 0 Å². The zero-order valence-electron chi connectivity index (χ0n) is 13.5. The van der Waals surface area contributed by atoms with Gasteiger partial charge in [0.15, 0.2) is 5.78 Å². The van der Waals surface area contributed by atoms with Gasteiger partial charge in [0, 0.05) is 6.04 Å². The van der Waals surface area contributed by atoms with Gasteiger partial charge in [0.25, 0.3) is 0 Å². The predicted octanol–water partition coefficient (Wildman–Crippen LogP) is 3.65. The number of ketones is 1. The van der Waals surface area contributed by atoms with Crippen molar-refractivity contribution >= 4 is 5.78 Å². The summed E-state index contributed by atoms with van der Waals surface area (Å²) in [7, 11) is 2.05. The van der Waals surface area contributed by atoms with Crippen LogP contribution in [0, 0.1) is 0 Å². The SMILES string of the molecule is CC1CC(c2ccccc2)(c2ccccc2)C(=O)C(C)N1C. The molecule has 0 aromatic heterocycles. The second kappa shape index (κ2) is 5.69. The van der Waals surface area contributed by atoms with Gasteiger partial charge >= 0.3 is 0 Å². The summed E-state index contributed by atoms with van der Waals surface area (Å²) in [5, 5.41) is 0. The van der Waals surface area contributed by atoms with E-state index in [1.807, 2.05) is 50.4 Å². The standard InChI is InChI=1S/C20H23NO/c1-15-14-20(17-10-6-4-7-11-17,18-12-8-5-9-13-18)19(22)16(2)21(15)3/h4-13,15-16H,14H2,1-3H3. The fourth-order valence-corrected chi connectivity index (χ4v) is 3.74. The molecule has 0 spiro atoms. The van der Waals surface area contributed by atoms with Crippen molar-refractivity contribution in [1.29, 1.82) is 0 Å². The summed E-state index contributed by atoms with van der Waals surface area (Å²) < 4.78 is 0. The van der Waals surface area contributed by atoms with Crippen LogP contribution < -0.4 is 0 Å². The molecule has 2 aromatic rings. The minimum absolute atomic E-state index is 0.0795. The molecule has 1 fully saturated rings. The maximum absolute atomic E-state index is 13.4. The fraction of sp³-hybridized carbons (Fsp3) is 0.350. The first-order valence-electron chi connectivity index (χ1n) is 7.94. The molecule has 22 heavy (non-hydrogen) atoms. The molecule has 2 aromatic carbocycles. The Morgan fingerprint density at radius 1 is 0.909 bits per heavy atom. The van der Waals surface area contributed by atoms with Crippen LogP contribution in [0.2, 0.25) is 0 Å². The number of carbonyl (C=O) groups excluding carboxylic acids is 1. The minimum atomic E-state index is -0.534. The van der Waals surface area contributed by atoms with Gasteiger partial charge in [-0.3, -0.25) is 9.69 Å². The summed E-state index contributed by atoms with van der Waals surface area (Å²) in [6.07, 6.45) is 0.820. The number of likely N-dealkylation sites (tertiary alicyclic amines) is 1. The Morgan fingerprint density at radius 3 is 1.82 bits per heavy atom. The molecule has 0 saturated carbocycles. The van der Waals surface area contributed by atoms with Crippen LogP contribution in [-0.4, -0.2) is 29.8 Å². The van der Waals surface area contributed by atoms with E-state index in [0.29, 0.717) is 11.8 Å². The lowest BCUT2D eigenvalue weighted by Gasteiger charge is -2.47. The molecule has 1 saturated heterocycles. The second-order valence-corrected chi connectivity index (χ2v) is 6.40. The Bertz CT molecular complexity index is 610. The molecular formula is C20H23NO. The van der Waals surface area contributed by atoms with Gasteiger partial charge in [-0.15, -0.1) is 0 Å². The van der Waals surface area contributed by atoms with Gasteiger partial charge in [0.1, 0.15) is 0 Å². The van der Waals surface area contributed by atoms with Crippen LogP contribution in [0.5, 0.6) is 0 Å². The number of carbonyl (C=O) groups is 1. The molecule has 1 heterocycles. The monoisotopic (exact) mass is 293 g/mol. The highest BCUT2D eigenvalue weighted by atomic mass is 16.1. The first-order valence-corrected chi connectivity index (χ1v) is 7.94. The molecule has 2 unspecified atom stereocenters. The van der Waals surface area contributed by atoms with Crippen molar-refractivity contribution in [3.8, 4) is 0 Å². The summed E-state index contributed by atoms with van der Waals surface area (Å²) in [6.45, 7) is 4.24. The van der Waals surface area contributed by atoms with E-state index in [1.165, 1.54) is 0 Å². The van der Waals surface area contributed by atoms with Gasteiger partial charge in [0.2, 0.25) is 0 Å². The number of likely N-dealkylation sites (N-methyl/N-ethyl adjacent to an activating group) is 1. The molecule has 114 valence electrons. The third-order valence-corrected chi connectivity index (χ3v) is 5.24. The van der Waals surface area contributed by atoms with Crippen LogP contribution in [0.25, 0.3) is 0 Å². The average molecular weight is 293 g/mol. The Labute approximate surface area is 132 Å². The number of hydrogen-bond acceptors (Lipinski definition) is 2. The Balaban J connectivity index is 2.23. The topological polar surface area (TPSA) is 20.3 Å². The number of benzene rings is 2. The van der Waals surface area contributed by atoms with Gasteiger partial charge < -0.3 is 0 Å². The highest BCUT2D eigenvalue weighted by Crippen LogP contribution is 2.43. The van der Waals surface area contributed by atoms with E-state index in [1.54, 1.807) is 0 Å². The smallest absolute Gasteiger partial charge is 0.164 e. The van der Waals surface area contributed by atoms with Gasteiger partial charge in [0.05, 0.1) is 11.5 Å². The summed E-state index contributed by atoms with van der Waals surface area (Å²) >= 11 is 0. The first-order chi connectivity index (χ1) is 10.6. The van der Waals surface area contributed by atoms with E-state index in [9.17, 15) is 4.79 Å². The van der Waals surface area contributed by atoms with Crippen LogP contribution in [-0.2, 0) is 10.2 Å². The molecule has 0 radical (unpaired) electrons. The van der Waals surface area contributed by atoms with Crippen LogP contribution in [0.1, 0.15) is 31.4 Å². The summed E-state index contributed by atoms with van der Waals surface area (Å²) in [5.41, 5.74) is 1.68. The van der Waals surface area contributed by atoms with E-state index in [0.717, 1.165) is 17.5 Å². The highest BCUT2D eigenvalue weighted by Gasteiger charge is 2.49. The van der Waals surface area contributed by atoms with E-state index >= 15 is 0 Å². The van der Waals surface area contributed by atoms with Crippen molar-refractivity contribution in [1.82, 2.24) is 4.90 Å². The van der Waals surface area contributed by atoms with Crippen molar-refractivity contribution in [2.75, 3.05) is 7.05 Å². The van der Waals surface area contributed by atoms with Crippen molar-refractivity contribution in [2.45, 2.75) is 37.8 Å². The summed E-state index contributed by atoms with van der Waals surface area (Å²) in [4.78, 5) is 15.5. The maximum atomic E-state index is 13.4. The van der Waals surface area contributed by atoms with Crippen molar-refractivity contribution < 1.29 is 4.79 Å². The molecule has 0 aliphatic carbocycles. The van der Waals surface area contributed by atoms with Crippen LogP contribution in [0.3, 0.4) is 0 Å². The third kappa shape index (κ3) is 2.19. The molecule has 1 aliphatic rings. The molecule has 1 aliphatic heterocycles. The Morgan fingerprint density at radius 2 is 1.36 bits per heavy atom. The zero-order chi connectivity index (χ0) is 15.7. The van der Waals surface area contributed by atoms with E-state index in [4.69, 9.17) is 0 Å². The number of piperidine rings is 1. The lowest BCUT2D eigenvalue weighted by molar-refractivity contribution is -0.132. The first kappa shape index (κ1) is 15.0. The van der Waals surface area contributed by atoms with E-state index in [2.05, 4.69) is 36.1 Å². The van der Waals surface area contributed by atoms with E-state index < -0.39 is 5.41 Å². The highest BCUT2D eigenvalue weighted by molar-refractivity contribution is 5.98. The molecule has 2 heteroatoms. The lowest BCUT2D eigenvalue weighted by atomic mass is 9.63. The molecule has 3 rings (SSSR count). The number of nitrogens with zero attached hydrogens (tertiary/aromatic N) is 1. The Hall–Kier alpha value is -1.93. The molecular weight excluding hydrogens is 270 g/mol. The summed E-state index contributed by atoms with van der Waals surface area (Å²) in [6, 6.07) is 20.8. The molecule has 0 bridgehead atoms. The molecule has 0 amide bonds. The van der Waals surface area contributed by atoms with Gasteiger partial charge in [-0.05, 0) is 38.4 Å². The summed E-state index contributed by atoms with van der Waals surface area (Å²) in [5.74, 6) is 0.297. The largest absolute Gasteiger partial charge is 0.297 e. The quantitative estimate of drug-likeness (QED) is 0.842. The normalized spacial score (nSPS) is 25.1. The van der Waals surface area contributed by atoms with Gasteiger partial charge in [-0.25, -0.2) is 0 Å². The van der Waals surface area contributed by atoms with Gasteiger partial charge in [-0.2, -0.15) is 0 Å². The van der Waals surface area contributed by atoms with Crippen molar-refractivity contribution in [2.24, 2.45) is 0 Å². The van der Waals surface area contributed by atoms with Crippen LogP contribution in [0.15, 0.2) is 60.7 Å². The molecule has 0 N–H and O–H groups in total. The van der Waals surface area contributed by atoms with Crippen molar-refractivity contribution in [3.63, 3.8) is 0 Å². The number of Topliss-reactive ketones (excluding diaryl/α,β-unsaturated/α-hetero) is 1. The number of hydrogen-bond donors (Lipinski definition) is 0. The fourth-order valence-electron chi connectivity index (χ4n) is 3.74. The minimum Gasteiger partial charge on any atom is -0.297 e. The molecule has 2 atom stereocenters. The predicted molar refractivity (Wildman–Crippen MR) is 90.0 cm³/mol. The third-order valence-electron chi connectivity index (χ3n) is 5.24.